The van der Waals surface area contributed by atoms with Gasteiger partial charge in [-0.15, -0.1) is 0 Å². The molecule has 0 fully saturated rings. The first-order chi connectivity index (χ1) is 15.6. The smallest absolute Gasteiger partial charge is 0.264 e. The molecule has 0 spiro atoms. The van der Waals surface area contributed by atoms with Gasteiger partial charge in [0.05, 0.1) is 10.6 Å². The minimum absolute atomic E-state index is 0.105. The molecule has 4 rings (SSSR count). The number of amides is 1. The average molecular weight is 446 g/mol. The zero-order valence-electron chi connectivity index (χ0n) is 17.1. The standard InChI is InChI=1S/C24H19N3O4S/c1-16(28)23-22(17-7-3-2-4-8-17)27-24(32-23)26-20(29)15-30-18-10-12-19(13-11-18)31-21-9-5-6-14-25-21/h2-14H,15H2,1H3,(H,26,27,29). The lowest BCUT2D eigenvalue weighted by Gasteiger charge is -2.07. The summed E-state index contributed by atoms with van der Waals surface area (Å²) in [6.45, 7) is 1.28. The number of pyridine rings is 1. The molecule has 0 saturated carbocycles. The van der Waals surface area contributed by atoms with E-state index in [-0.39, 0.29) is 18.3 Å². The second-order valence-corrected chi connectivity index (χ2v) is 7.70. The molecule has 0 aliphatic heterocycles. The molecule has 1 N–H and O–H groups in total. The number of carbonyl (C=O) groups is 2. The van der Waals surface area contributed by atoms with E-state index in [0.29, 0.717) is 33.1 Å². The van der Waals surface area contributed by atoms with Gasteiger partial charge in [0.1, 0.15) is 11.5 Å². The highest BCUT2D eigenvalue weighted by Crippen LogP contribution is 2.31. The fourth-order valence-corrected chi connectivity index (χ4v) is 3.74. The molecule has 0 radical (unpaired) electrons. The van der Waals surface area contributed by atoms with E-state index in [1.54, 1.807) is 36.5 Å². The number of nitrogens with zero attached hydrogens (tertiary/aromatic N) is 2. The van der Waals surface area contributed by atoms with Crippen LogP contribution in [0, 0.1) is 0 Å². The average Bonchev–Trinajstić information content (AvgIpc) is 3.24. The molecular weight excluding hydrogens is 426 g/mol. The van der Waals surface area contributed by atoms with Crippen molar-refractivity contribution >= 4 is 28.2 Å². The number of hydrogen-bond acceptors (Lipinski definition) is 7. The highest BCUT2D eigenvalue weighted by molar-refractivity contribution is 7.18. The lowest BCUT2D eigenvalue weighted by molar-refractivity contribution is -0.118. The van der Waals surface area contributed by atoms with E-state index in [0.717, 1.165) is 16.9 Å². The molecular formula is C24H19N3O4S. The van der Waals surface area contributed by atoms with Gasteiger partial charge in [-0.25, -0.2) is 9.97 Å². The van der Waals surface area contributed by atoms with Crippen LogP contribution in [0.3, 0.4) is 0 Å². The Balaban J connectivity index is 1.35. The van der Waals surface area contributed by atoms with Crippen LogP contribution >= 0.6 is 11.3 Å². The SMILES string of the molecule is CC(=O)c1sc(NC(=O)COc2ccc(Oc3ccccn3)cc2)nc1-c1ccccc1. The molecule has 2 aromatic carbocycles. The van der Waals surface area contributed by atoms with Gasteiger partial charge in [-0.1, -0.05) is 47.7 Å². The molecule has 0 saturated heterocycles. The van der Waals surface area contributed by atoms with Crippen LogP contribution in [0.4, 0.5) is 5.13 Å². The minimum atomic E-state index is -0.373. The molecule has 7 nitrogen and oxygen atoms in total. The molecule has 2 heterocycles. The lowest BCUT2D eigenvalue weighted by atomic mass is 10.1. The van der Waals surface area contributed by atoms with E-state index in [4.69, 9.17) is 9.47 Å². The number of ketones is 1. The number of thiazole rings is 1. The van der Waals surface area contributed by atoms with Crippen molar-refractivity contribution in [1.82, 2.24) is 9.97 Å². The van der Waals surface area contributed by atoms with Crippen molar-refractivity contribution in [1.29, 1.82) is 0 Å². The Morgan fingerprint density at radius 2 is 1.66 bits per heavy atom. The van der Waals surface area contributed by atoms with Gasteiger partial charge in [0.25, 0.3) is 5.91 Å². The summed E-state index contributed by atoms with van der Waals surface area (Å²) in [6, 6.07) is 21.7. The highest BCUT2D eigenvalue weighted by atomic mass is 32.1. The number of nitrogens with one attached hydrogen (secondary N) is 1. The second-order valence-electron chi connectivity index (χ2n) is 6.70. The van der Waals surface area contributed by atoms with Crippen LogP contribution in [0.2, 0.25) is 0 Å². The van der Waals surface area contributed by atoms with Crippen molar-refractivity contribution in [3.8, 4) is 28.6 Å². The monoisotopic (exact) mass is 445 g/mol. The van der Waals surface area contributed by atoms with Crippen LogP contribution in [-0.4, -0.2) is 28.3 Å². The molecule has 160 valence electrons. The van der Waals surface area contributed by atoms with Gasteiger partial charge in [0.2, 0.25) is 5.88 Å². The van der Waals surface area contributed by atoms with Crippen molar-refractivity contribution in [2.45, 2.75) is 6.92 Å². The zero-order chi connectivity index (χ0) is 22.3. The summed E-state index contributed by atoms with van der Waals surface area (Å²) in [7, 11) is 0. The molecule has 0 unspecified atom stereocenters. The number of aromatic nitrogens is 2. The Labute approximate surface area is 188 Å². The number of hydrogen-bond donors (Lipinski definition) is 1. The Kier molecular flexibility index (Phi) is 6.52. The predicted octanol–water partition coefficient (Wildman–Crippen LogP) is 5.22. The summed E-state index contributed by atoms with van der Waals surface area (Å²) in [4.78, 5) is 33.4. The summed E-state index contributed by atoms with van der Waals surface area (Å²) in [6.07, 6.45) is 1.65. The molecule has 32 heavy (non-hydrogen) atoms. The third-order valence-corrected chi connectivity index (χ3v) is 5.37. The van der Waals surface area contributed by atoms with Crippen LogP contribution < -0.4 is 14.8 Å². The van der Waals surface area contributed by atoms with E-state index >= 15 is 0 Å². The first-order valence-corrected chi connectivity index (χ1v) is 10.6. The largest absolute Gasteiger partial charge is 0.484 e. The van der Waals surface area contributed by atoms with Crippen molar-refractivity contribution in [2.75, 3.05) is 11.9 Å². The molecule has 0 aliphatic rings. The Bertz CT molecular complexity index is 1210. The summed E-state index contributed by atoms with van der Waals surface area (Å²) in [5.41, 5.74) is 1.38. The number of Topliss-reactive ketones (excluding diaryl/α,β-unsaturated/α-hetero) is 1. The van der Waals surface area contributed by atoms with Crippen LogP contribution in [0.5, 0.6) is 17.4 Å². The van der Waals surface area contributed by atoms with Crippen LogP contribution in [0.25, 0.3) is 11.3 Å². The van der Waals surface area contributed by atoms with Crippen molar-refractivity contribution in [2.24, 2.45) is 0 Å². The van der Waals surface area contributed by atoms with Crippen molar-refractivity contribution in [3.05, 3.63) is 83.9 Å². The maximum atomic E-state index is 12.3. The first-order valence-electron chi connectivity index (χ1n) is 9.77. The van der Waals surface area contributed by atoms with Gasteiger partial charge in [-0.3, -0.25) is 14.9 Å². The normalized spacial score (nSPS) is 10.4. The third kappa shape index (κ3) is 5.35. The van der Waals surface area contributed by atoms with Crippen LogP contribution in [-0.2, 0) is 4.79 Å². The van der Waals surface area contributed by atoms with Gasteiger partial charge in [0, 0.05) is 24.8 Å². The van der Waals surface area contributed by atoms with Gasteiger partial charge < -0.3 is 9.47 Å². The zero-order valence-corrected chi connectivity index (χ0v) is 18.0. The summed E-state index contributed by atoms with van der Waals surface area (Å²) < 4.78 is 11.2. The molecule has 4 aromatic rings. The lowest BCUT2D eigenvalue weighted by Crippen LogP contribution is -2.20. The number of benzene rings is 2. The summed E-state index contributed by atoms with van der Waals surface area (Å²) in [5, 5.41) is 3.05. The van der Waals surface area contributed by atoms with E-state index in [2.05, 4.69) is 15.3 Å². The topological polar surface area (TPSA) is 90.4 Å². The third-order valence-electron chi connectivity index (χ3n) is 4.29. The van der Waals surface area contributed by atoms with E-state index in [1.165, 1.54) is 6.92 Å². The fourth-order valence-electron chi connectivity index (χ4n) is 2.84. The number of rotatable bonds is 8. The summed E-state index contributed by atoms with van der Waals surface area (Å²) >= 11 is 1.14. The highest BCUT2D eigenvalue weighted by Gasteiger charge is 2.18. The van der Waals surface area contributed by atoms with E-state index in [9.17, 15) is 9.59 Å². The quantitative estimate of drug-likeness (QED) is 0.374. The van der Waals surface area contributed by atoms with E-state index in [1.807, 2.05) is 42.5 Å². The molecule has 0 atom stereocenters. The summed E-state index contributed by atoms with van der Waals surface area (Å²) in [5.74, 6) is 1.13. The Hall–Kier alpha value is -4.04. The fraction of sp³-hybridized carbons (Fsp3) is 0.0833. The minimum Gasteiger partial charge on any atom is -0.484 e. The predicted molar refractivity (Wildman–Crippen MR) is 122 cm³/mol. The molecule has 2 aromatic heterocycles. The maximum absolute atomic E-state index is 12.3. The number of carbonyl (C=O) groups excluding carboxylic acids is 2. The number of ether oxygens (including phenoxy) is 2. The van der Waals surface area contributed by atoms with Gasteiger partial charge >= 0.3 is 0 Å². The molecule has 0 aliphatic carbocycles. The maximum Gasteiger partial charge on any atom is 0.264 e. The van der Waals surface area contributed by atoms with Crippen LogP contribution in [0.1, 0.15) is 16.6 Å². The Morgan fingerprint density at radius 3 is 2.34 bits per heavy atom. The van der Waals surface area contributed by atoms with Crippen molar-refractivity contribution in [3.63, 3.8) is 0 Å². The Morgan fingerprint density at radius 1 is 0.938 bits per heavy atom. The first kappa shape index (κ1) is 21.2. The molecule has 1 amide bonds. The molecule has 0 bridgehead atoms. The van der Waals surface area contributed by atoms with Crippen molar-refractivity contribution < 1.29 is 19.1 Å². The van der Waals surface area contributed by atoms with Crippen LogP contribution in [0.15, 0.2) is 79.0 Å². The van der Waals surface area contributed by atoms with Gasteiger partial charge in [-0.2, -0.15) is 0 Å². The number of anilines is 1. The molecule has 8 heteroatoms. The second kappa shape index (κ2) is 9.84. The van der Waals surface area contributed by atoms with E-state index < -0.39 is 0 Å². The van der Waals surface area contributed by atoms with Gasteiger partial charge in [0.15, 0.2) is 17.5 Å². The van der Waals surface area contributed by atoms with Gasteiger partial charge in [-0.05, 0) is 30.3 Å².